The van der Waals surface area contributed by atoms with Crippen molar-refractivity contribution in [2.45, 2.75) is 19.8 Å². The first kappa shape index (κ1) is 12.0. The minimum absolute atomic E-state index is 0.283. The highest BCUT2D eigenvalue weighted by Crippen LogP contribution is 2.32. The van der Waals surface area contributed by atoms with Crippen molar-refractivity contribution < 1.29 is 0 Å². The second-order valence-electron chi connectivity index (χ2n) is 4.63. The highest BCUT2D eigenvalue weighted by Gasteiger charge is 2.19. The molecule has 1 aromatic carbocycles. The first-order chi connectivity index (χ1) is 8.65. The quantitative estimate of drug-likeness (QED) is 0.744. The molecule has 18 heavy (non-hydrogen) atoms. The van der Waals surface area contributed by atoms with E-state index < -0.39 is 0 Å². The summed E-state index contributed by atoms with van der Waals surface area (Å²) < 4.78 is 0. The summed E-state index contributed by atoms with van der Waals surface area (Å²) in [5.74, 6) is 0.941. The third kappa shape index (κ3) is 2.02. The summed E-state index contributed by atoms with van der Waals surface area (Å²) in [6.07, 6.45) is 2.41. The summed E-state index contributed by atoms with van der Waals surface area (Å²) in [6.45, 7) is 4.10. The van der Waals surface area contributed by atoms with Crippen LogP contribution in [0.3, 0.4) is 0 Å². The largest absolute Gasteiger partial charge is 0.356 e. The Hall–Kier alpha value is -1.06. The molecule has 1 aromatic heterocycles. The Balaban J connectivity index is 2.29. The predicted octanol–water partition coefficient (Wildman–Crippen LogP) is 3.85. The van der Waals surface area contributed by atoms with E-state index in [1.54, 1.807) is 0 Å². The highest BCUT2D eigenvalue weighted by molar-refractivity contribution is 6.32. The van der Waals surface area contributed by atoms with Crippen molar-refractivity contribution in [2.24, 2.45) is 0 Å². The molecule has 3 rings (SSSR count). The number of aryl methyl sites for hydroxylation is 1. The van der Waals surface area contributed by atoms with Crippen molar-refractivity contribution in [2.75, 3.05) is 18.0 Å². The van der Waals surface area contributed by atoms with Crippen molar-refractivity contribution in [3.8, 4) is 0 Å². The molecule has 0 radical (unpaired) electrons. The Morgan fingerprint density at radius 2 is 1.83 bits per heavy atom. The molecule has 1 aliphatic heterocycles. The Bertz CT molecular complexity index is 601. The van der Waals surface area contributed by atoms with E-state index in [9.17, 15) is 0 Å². The van der Waals surface area contributed by atoms with Gasteiger partial charge < -0.3 is 4.90 Å². The monoisotopic (exact) mass is 281 g/mol. The van der Waals surface area contributed by atoms with Crippen molar-refractivity contribution in [3.63, 3.8) is 0 Å². The lowest BCUT2D eigenvalue weighted by Gasteiger charge is -2.19. The van der Waals surface area contributed by atoms with Gasteiger partial charge in [-0.25, -0.2) is 4.98 Å². The molecule has 2 aromatic rings. The minimum atomic E-state index is 0.283. The lowest BCUT2D eigenvalue weighted by atomic mass is 10.1. The number of aromatic nitrogens is 2. The van der Waals surface area contributed by atoms with E-state index in [1.807, 2.05) is 19.1 Å². The smallest absolute Gasteiger partial charge is 0.224 e. The maximum absolute atomic E-state index is 6.07. The predicted molar refractivity (Wildman–Crippen MR) is 75.7 cm³/mol. The Morgan fingerprint density at radius 1 is 1.11 bits per heavy atom. The van der Waals surface area contributed by atoms with Crippen LogP contribution in [0.15, 0.2) is 12.1 Å². The number of halogens is 2. The molecule has 0 N–H and O–H groups in total. The van der Waals surface area contributed by atoms with Gasteiger partial charge in [0.15, 0.2) is 0 Å². The number of anilines is 1. The third-order valence-electron chi connectivity index (χ3n) is 3.32. The van der Waals surface area contributed by atoms with Gasteiger partial charge in [-0.3, -0.25) is 0 Å². The number of nitrogens with zero attached hydrogens (tertiary/aromatic N) is 3. The summed E-state index contributed by atoms with van der Waals surface area (Å²) >= 11 is 12.1. The molecule has 0 amide bonds. The van der Waals surface area contributed by atoms with E-state index in [1.165, 1.54) is 12.8 Å². The van der Waals surface area contributed by atoms with E-state index in [2.05, 4.69) is 14.9 Å². The number of fused-ring (bicyclic) bond motifs is 1. The van der Waals surface area contributed by atoms with Gasteiger partial charge in [0.1, 0.15) is 5.82 Å². The van der Waals surface area contributed by atoms with Crippen LogP contribution in [0.1, 0.15) is 18.4 Å². The lowest BCUT2D eigenvalue weighted by molar-refractivity contribution is 0.938. The number of rotatable bonds is 1. The van der Waals surface area contributed by atoms with Gasteiger partial charge in [0, 0.05) is 23.5 Å². The molecule has 0 aliphatic carbocycles. The van der Waals surface area contributed by atoms with Crippen molar-refractivity contribution >= 4 is 39.9 Å². The summed E-state index contributed by atoms with van der Waals surface area (Å²) in [5, 5.41) is 2.03. The summed E-state index contributed by atoms with van der Waals surface area (Å²) in [4.78, 5) is 11.0. The molecule has 1 aliphatic rings. The highest BCUT2D eigenvalue weighted by atomic mass is 35.5. The van der Waals surface area contributed by atoms with Crippen LogP contribution in [0.4, 0.5) is 5.82 Å². The molecule has 1 fully saturated rings. The van der Waals surface area contributed by atoms with E-state index in [-0.39, 0.29) is 5.28 Å². The molecule has 2 heterocycles. The zero-order valence-electron chi connectivity index (χ0n) is 10.1. The average Bonchev–Trinajstić information content (AvgIpc) is 2.79. The zero-order chi connectivity index (χ0) is 12.7. The number of hydrogen-bond acceptors (Lipinski definition) is 3. The summed E-state index contributed by atoms with van der Waals surface area (Å²) in [6, 6.07) is 3.79. The van der Waals surface area contributed by atoms with Gasteiger partial charge in [0.2, 0.25) is 5.28 Å². The van der Waals surface area contributed by atoms with Crippen LogP contribution in [0, 0.1) is 6.92 Å². The fourth-order valence-electron chi connectivity index (χ4n) is 2.53. The molecule has 0 spiro atoms. The Kier molecular flexibility index (Phi) is 3.04. The van der Waals surface area contributed by atoms with E-state index >= 15 is 0 Å². The van der Waals surface area contributed by atoms with E-state index in [4.69, 9.17) is 23.2 Å². The maximum Gasteiger partial charge on any atom is 0.224 e. The van der Waals surface area contributed by atoms with E-state index in [0.717, 1.165) is 35.4 Å². The third-order valence-corrected chi connectivity index (χ3v) is 3.71. The van der Waals surface area contributed by atoms with Crippen molar-refractivity contribution in [1.29, 1.82) is 0 Å². The van der Waals surface area contributed by atoms with Crippen LogP contribution in [0.25, 0.3) is 10.9 Å². The average molecular weight is 282 g/mol. The minimum Gasteiger partial charge on any atom is -0.356 e. The second kappa shape index (κ2) is 4.56. The maximum atomic E-state index is 6.07. The molecule has 3 nitrogen and oxygen atoms in total. The van der Waals surface area contributed by atoms with Crippen molar-refractivity contribution in [3.05, 3.63) is 28.0 Å². The Labute approximate surface area is 116 Å². The number of benzene rings is 1. The van der Waals surface area contributed by atoms with Crippen molar-refractivity contribution in [1.82, 2.24) is 9.97 Å². The van der Waals surface area contributed by atoms with Gasteiger partial charge in [0.05, 0.1) is 5.52 Å². The van der Waals surface area contributed by atoms with Gasteiger partial charge in [0.25, 0.3) is 0 Å². The molecule has 5 heteroatoms. The normalized spacial score (nSPS) is 15.6. The topological polar surface area (TPSA) is 29.0 Å². The molecule has 0 bridgehead atoms. The first-order valence-electron chi connectivity index (χ1n) is 6.03. The van der Waals surface area contributed by atoms with Gasteiger partial charge in [-0.1, -0.05) is 11.6 Å². The van der Waals surface area contributed by atoms with Gasteiger partial charge in [-0.05, 0) is 49.1 Å². The van der Waals surface area contributed by atoms with Crippen LogP contribution in [0.2, 0.25) is 10.3 Å². The van der Waals surface area contributed by atoms with Crippen LogP contribution in [0.5, 0.6) is 0 Å². The Morgan fingerprint density at radius 3 is 2.56 bits per heavy atom. The van der Waals surface area contributed by atoms with Gasteiger partial charge in [-0.2, -0.15) is 4.98 Å². The standard InChI is InChI=1S/C13H13Cl2N3/c1-8-6-9(14)7-10-11(8)12(17-13(15)16-10)18-4-2-3-5-18/h6-7H,2-5H2,1H3. The second-order valence-corrected chi connectivity index (χ2v) is 5.40. The fourth-order valence-corrected chi connectivity index (χ4v) is 2.97. The summed E-state index contributed by atoms with van der Waals surface area (Å²) in [5.41, 5.74) is 1.91. The fraction of sp³-hybridized carbons (Fsp3) is 0.385. The number of hydrogen-bond donors (Lipinski definition) is 0. The van der Waals surface area contributed by atoms with Gasteiger partial charge >= 0.3 is 0 Å². The zero-order valence-corrected chi connectivity index (χ0v) is 11.6. The molecule has 0 saturated carbocycles. The van der Waals surface area contributed by atoms with Crippen LogP contribution in [-0.2, 0) is 0 Å². The van der Waals surface area contributed by atoms with E-state index in [0.29, 0.717) is 5.02 Å². The van der Waals surface area contributed by atoms with Crippen LogP contribution in [-0.4, -0.2) is 23.1 Å². The molecular weight excluding hydrogens is 269 g/mol. The SMILES string of the molecule is Cc1cc(Cl)cc2nc(Cl)nc(N3CCCC3)c12. The molecule has 1 saturated heterocycles. The van der Waals surface area contributed by atoms with Crippen LogP contribution >= 0.6 is 23.2 Å². The molecule has 94 valence electrons. The molecular formula is C13H13Cl2N3. The summed E-state index contributed by atoms with van der Waals surface area (Å²) in [7, 11) is 0. The first-order valence-corrected chi connectivity index (χ1v) is 6.79. The molecule has 0 unspecified atom stereocenters. The van der Waals surface area contributed by atoms with Gasteiger partial charge in [-0.15, -0.1) is 0 Å². The molecule has 0 atom stereocenters. The lowest BCUT2D eigenvalue weighted by Crippen LogP contribution is -2.20. The van der Waals surface area contributed by atoms with Crippen LogP contribution < -0.4 is 4.90 Å².